The highest BCUT2D eigenvalue weighted by Gasteiger charge is 2.33. The van der Waals surface area contributed by atoms with Crippen molar-refractivity contribution in [1.82, 2.24) is 0 Å². The fraction of sp³-hybridized carbons (Fsp3) is 0.579. The van der Waals surface area contributed by atoms with Crippen LogP contribution in [0.5, 0.6) is 5.75 Å². The number of methoxy groups -OCH3 is 1. The van der Waals surface area contributed by atoms with Gasteiger partial charge in [0.1, 0.15) is 12.4 Å². The third-order valence-corrected chi connectivity index (χ3v) is 9.65. The van der Waals surface area contributed by atoms with Gasteiger partial charge >= 0.3 is 5.97 Å². The molecule has 0 saturated carbocycles. The predicted molar refractivity (Wildman–Crippen MR) is 103 cm³/mol. The zero-order chi connectivity index (χ0) is 19.2. The van der Waals surface area contributed by atoms with Crippen molar-refractivity contribution >= 4 is 25.9 Å². The Kier molecular flexibility index (Phi) is 7.22. The van der Waals surface area contributed by atoms with Gasteiger partial charge in [-0.1, -0.05) is 20.8 Å². The summed E-state index contributed by atoms with van der Waals surface area (Å²) in [6.45, 7) is 7.60. The van der Waals surface area contributed by atoms with Gasteiger partial charge in [-0.25, -0.2) is 4.79 Å². The molecule has 0 N–H and O–H groups in total. The van der Waals surface area contributed by atoms with Crippen LogP contribution in [0, 0.1) is 0 Å². The molecular formula is C19H29NO5Si. The van der Waals surface area contributed by atoms with Crippen molar-refractivity contribution in [1.29, 1.82) is 0 Å². The van der Waals surface area contributed by atoms with Crippen LogP contribution in [-0.2, 0) is 14.3 Å². The van der Waals surface area contributed by atoms with E-state index < -0.39 is 14.3 Å². The van der Waals surface area contributed by atoms with E-state index in [2.05, 4.69) is 20.8 Å². The van der Waals surface area contributed by atoms with E-state index >= 15 is 0 Å². The number of rotatable bonds is 10. The molecule has 6 nitrogen and oxygen atoms in total. The van der Waals surface area contributed by atoms with Gasteiger partial charge in [0, 0.05) is 20.1 Å². The Labute approximate surface area is 156 Å². The summed E-state index contributed by atoms with van der Waals surface area (Å²) in [6.07, 6.45) is 0.508. The predicted octanol–water partition coefficient (Wildman–Crippen LogP) is 3.61. The lowest BCUT2D eigenvalue weighted by molar-refractivity contribution is -0.122. The first-order valence-corrected chi connectivity index (χ1v) is 11.8. The molecule has 1 aromatic carbocycles. The summed E-state index contributed by atoms with van der Waals surface area (Å²) in [7, 11) is -0.300. The number of esters is 1. The fourth-order valence-corrected chi connectivity index (χ4v) is 5.62. The first-order valence-electron chi connectivity index (χ1n) is 9.29. The molecule has 0 unspecified atom stereocenters. The topological polar surface area (TPSA) is 65.1 Å². The van der Waals surface area contributed by atoms with E-state index in [-0.39, 0.29) is 12.5 Å². The third-order valence-electron chi connectivity index (χ3n) is 5.12. The standard InChI is InChI=1S/C19H29NO5Si/c1-5-26(6-2,7-3)25-15-8-9-17(20-11-10-18(20)21)16(14-15)19(22)24-13-12-23-4/h8-9,14H,5-7,10-13H2,1-4H3. The van der Waals surface area contributed by atoms with Crippen LogP contribution in [0.4, 0.5) is 5.69 Å². The Morgan fingerprint density at radius 2 is 1.85 bits per heavy atom. The lowest BCUT2D eigenvalue weighted by Crippen LogP contribution is -2.44. The maximum Gasteiger partial charge on any atom is 0.340 e. The van der Waals surface area contributed by atoms with Crippen LogP contribution in [0.2, 0.25) is 18.1 Å². The zero-order valence-electron chi connectivity index (χ0n) is 16.2. The molecule has 2 rings (SSSR count). The molecule has 26 heavy (non-hydrogen) atoms. The van der Waals surface area contributed by atoms with Crippen LogP contribution in [-0.4, -0.2) is 47.1 Å². The minimum Gasteiger partial charge on any atom is -0.543 e. The first-order chi connectivity index (χ1) is 12.5. The van der Waals surface area contributed by atoms with E-state index in [0.717, 1.165) is 18.1 Å². The molecule has 0 bridgehead atoms. The normalized spacial score (nSPS) is 14.2. The minimum absolute atomic E-state index is 0.0176. The number of benzene rings is 1. The Morgan fingerprint density at radius 3 is 2.35 bits per heavy atom. The molecule has 0 aromatic heterocycles. The van der Waals surface area contributed by atoms with Crippen LogP contribution in [0.1, 0.15) is 37.6 Å². The third kappa shape index (κ3) is 4.45. The summed E-state index contributed by atoms with van der Waals surface area (Å²) in [4.78, 5) is 26.0. The first kappa shape index (κ1) is 20.4. The lowest BCUT2D eigenvalue weighted by atomic mass is 10.1. The molecule has 1 aliphatic rings. The number of ether oxygens (including phenoxy) is 2. The molecule has 1 aliphatic heterocycles. The van der Waals surface area contributed by atoms with Crippen LogP contribution < -0.4 is 9.33 Å². The van der Waals surface area contributed by atoms with Crippen molar-refractivity contribution in [2.24, 2.45) is 0 Å². The summed E-state index contributed by atoms with van der Waals surface area (Å²) >= 11 is 0. The Hall–Kier alpha value is -1.86. The maximum absolute atomic E-state index is 12.6. The van der Waals surface area contributed by atoms with Crippen LogP contribution >= 0.6 is 0 Å². The number of hydrogen-bond acceptors (Lipinski definition) is 5. The second kappa shape index (κ2) is 9.18. The number of hydrogen-bond donors (Lipinski definition) is 0. The molecule has 1 amide bonds. The zero-order valence-corrected chi connectivity index (χ0v) is 17.2. The van der Waals surface area contributed by atoms with E-state index in [1.54, 1.807) is 24.1 Å². The van der Waals surface area contributed by atoms with Gasteiger partial charge in [0.15, 0.2) is 0 Å². The van der Waals surface area contributed by atoms with Crippen molar-refractivity contribution in [3.8, 4) is 5.75 Å². The van der Waals surface area contributed by atoms with Gasteiger partial charge in [0.25, 0.3) is 0 Å². The molecular weight excluding hydrogens is 350 g/mol. The summed E-state index contributed by atoms with van der Waals surface area (Å²) in [5, 5.41) is 0. The van der Waals surface area contributed by atoms with Crippen LogP contribution in [0.25, 0.3) is 0 Å². The van der Waals surface area contributed by atoms with Gasteiger partial charge in [-0.2, -0.15) is 0 Å². The van der Waals surface area contributed by atoms with E-state index in [9.17, 15) is 9.59 Å². The van der Waals surface area contributed by atoms with Crippen molar-refractivity contribution < 1.29 is 23.5 Å². The van der Waals surface area contributed by atoms with Gasteiger partial charge in [-0.3, -0.25) is 4.79 Å². The molecule has 144 valence electrons. The average Bonchev–Trinajstić information content (AvgIpc) is 2.66. The van der Waals surface area contributed by atoms with Crippen molar-refractivity contribution in [3.63, 3.8) is 0 Å². The number of carbonyl (C=O) groups excluding carboxylic acids is 2. The smallest absolute Gasteiger partial charge is 0.340 e. The van der Waals surface area contributed by atoms with Gasteiger partial charge in [0.05, 0.1) is 17.9 Å². The van der Waals surface area contributed by atoms with E-state index in [1.165, 1.54) is 0 Å². The summed E-state index contributed by atoms with van der Waals surface area (Å²) < 4.78 is 16.6. The lowest BCUT2D eigenvalue weighted by Gasteiger charge is -2.33. The molecule has 1 fully saturated rings. The molecule has 1 heterocycles. The monoisotopic (exact) mass is 379 g/mol. The number of amides is 1. The highest BCUT2D eigenvalue weighted by atomic mass is 28.4. The molecule has 0 radical (unpaired) electrons. The molecule has 1 aromatic rings. The minimum atomic E-state index is -1.85. The van der Waals surface area contributed by atoms with Gasteiger partial charge in [-0.05, 0) is 36.3 Å². The van der Waals surface area contributed by atoms with Gasteiger partial charge in [-0.15, -0.1) is 0 Å². The van der Waals surface area contributed by atoms with E-state index in [4.69, 9.17) is 13.9 Å². The Bertz CT molecular complexity index is 637. The van der Waals surface area contributed by atoms with Crippen molar-refractivity contribution in [3.05, 3.63) is 23.8 Å². The van der Waals surface area contributed by atoms with Crippen LogP contribution in [0.15, 0.2) is 18.2 Å². The molecule has 0 aliphatic carbocycles. The average molecular weight is 380 g/mol. The van der Waals surface area contributed by atoms with Crippen molar-refractivity contribution in [2.75, 3.05) is 31.8 Å². The molecule has 0 spiro atoms. The van der Waals surface area contributed by atoms with Crippen LogP contribution in [0.3, 0.4) is 0 Å². The molecule has 7 heteroatoms. The molecule has 1 saturated heterocycles. The van der Waals surface area contributed by atoms with Gasteiger partial charge in [0.2, 0.25) is 14.2 Å². The van der Waals surface area contributed by atoms with Gasteiger partial charge < -0.3 is 18.8 Å². The summed E-state index contributed by atoms with van der Waals surface area (Å²) in [5.41, 5.74) is 0.964. The number of anilines is 1. The Morgan fingerprint density at radius 1 is 1.15 bits per heavy atom. The molecule has 0 atom stereocenters. The quantitative estimate of drug-likeness (QED) is 0.269. The fourth-order valence-electron chi connectivity index (χ4n) is 3.06. The summed E-state index contributed by atoms with van der Waals surface area (Å²) in [6, 6.07) is 8.41. The number of carbonyl (C=O) groups is 2. The Balaban J connectivity index is 2.30. The summed E-state index contributed by atoms with van der Waals surface area (Å²) in [5.74, 6) is 0.237. The van der Waals surface area contributed by atoms with Crippen molar-refractivity contribution in [2.45, 2.75) is 45.3 Å². The van der Waals surface area contributed by atoms with E-state index in [0.29, 0.717) is 36.6 Å². The SMILES string of the molecule is CC[Si](CC)(CC)Oc1ccc(N2CCC2=O)c(C(=O)OCCOC)c1. The second-order valence-electron chi connectivity index (χ2n) is 6.45. The maximum atomic E-state index is 12.6. The highest BCUT2D eigenvalue weighted by Crippen LogP contribution is 2.32. The largest absolute Gasteiger partial charge is 0.543 e. The highest BCUT2D eigenvalue weighted by molar-refractivity contribution is 6.74. The van der Waals surface area contributed by atoms with E-state index in [1.807, 2.05) is 6.07 Å². The number of nitrogens with zero attached hydrogens (tertiary/aromatic N) is 1. The number of β-lactam (4-membered cyclic amide) rings is 1. The second-order valence-corrected chi connectivity index (χ2v) is 11.1.